The lowest BCUT2D eigenvalue weighted by Crippen LogP contribution is -2.34. The van der Waals surface area contributed by atoms with Crippen molar-refractivity contribution in [2.24, 2.45) is 0 Å². The molecule has 5 rings (SSSR count). The highest BCUT2D eigenvalue weighted by atomic mass is 32.2. The van der Waals surface area contributed by atoms with Gasteiger partial charge in [0.2, 0.25) is 10.0 Å². The number of nitrogens with one attached hydrogen (secondary N) is 2. The van der Waals surface area contributed by atoms with Gasteiger partial charge in [-0.25, -0.2) is 13.1 Å². The molecule has 2 N–H and O–H groups in total. The summed E-state index contributed by atoms with van der Waals surface area (Å²) in [4.78, 5) is 12.8. The van der Waals surface area contributed by atoms with Crippen molar-refractivity contribution in [2.75, 3.05) is 18.5 Å². The summed E-state index contributed by atoms with van der Waals surface area (Å²) < 4.78 is 45.0. The number of ether oxygens (including phenoxy) is 3. The summed E-state index contributed by atoms with van der Waals surface area (Å²) in [5, 5.41) is 2.83. The van der Waals surface area contributed by atoms with E-state index in [1.807, 2.05) is 0 Å². The maximum Gasteiger partial charge on any atom is 0.255 e. The fraction of sp³-hybridized carbons (Fsp3) is 0.435. The molecule has 3 aliphatic rings. The normalized spacial score (nSPS) is 21.2. The molecule has 8 nitrogen and oxygen atoms in total. The van der Waals surface area contributed by atoms with E-state index in [-0.39, 0.29) is 23.5 Å². The molecule has 1 saturated heterocycles. The highest BCUT2D eigenvalue weighted by molar-refractivity contribution is 7.89. The van der Waals surface area contributed by atoms with Crippen molar-refractivity contribution in [3.8, 4) is 11.5 Å². The van der Waals surface area contributed by atoms with Crippen molar-refractivity contribution in [1.29, 1.82) is 0 Å². The number of amides is 1. The summed E-state index contributed by atoms with van der Waals surface area (Å²) in [5.74, 6) is 0.429. The first-order valence-electron chi connectivity index (χ1n) is 11.0. The molecule has 170 valence electrons. The molecule has 2 heterocycles. The predicted octanol–water partition coefficient (Wildman–Crippen LogP) is 3.44. The smallest absolute Gasteiger partial charge is 0.255 e. The number of carbonyl (C=O) groups is 1. The van der Waals surface area contributed by atoms with Crippen molar-refractivity contribution >= 4 is 21.6 Å². The Morgan fingerprint density at radius 1 is 1.00 bits per heavy atom. The summed E-state index contributed by atoms with van der Waals surface area (Å²) in [6, 6.07) is 11.2. The zero-order valence-electron chi connectivity index (χ0n) is 17.6. The van der Waals surface area contributed by atoms with Gasteiger partial charge in [0.05, 0.1) is 11.0 Å². The number of fused-ring (bicyclic) bond motifs is 1. The molecule has 0 bridgehead atoms. The van der Waals surface area contributed by atoms with Gasteiger partial charge in [0.1, 0.15) is 0 Å². The Morgan fingerprint density at radius 3 is 2.47 bits per heavy atom. The van der Waals surface area contributed by atoms with Crippen LogP contribution in [0, 0.1) is 0 Å². The van der Waals surface area contributed by atoms with Crippen LogP contribution in [0.2, 0.25) is 0 Å². The number of rotatable bonds is 6. The highest BCUT2D eigenvalue weighted by Gasteiger charge is 2.44. The molecular weight excluding hydrogens is 432 g/mol. The molecule has 1 saturated carbocycles. The molecule has 0 radical (unpaired) electrons. The van der Waals surface area contributed by atoms with E-state index < -0.39 is 15.8 Å². The molecular formula is C23H26N2O6S. The molecule has 2 fully saturated rings. The second-order valence-electron chi connectivity index (χ2n) is 8.45. The topological polar surface area (TPSA) is 103 Å². The summed E-state index contributed by atoms with van der Waals surface area (Å²) in [5.41, 5.74) is 0.940. The number of benzene rings is 2. The predicted molar refractivity (Wildman–Crippen MR) is 117 cm³/mol. The number of hydrogen-bond donors (Lipinski definition) is 2. The lowest BCUT2D eigenvalue weighted by atomic mass is 10.2. The molecule has 2 aromatic carbocycles. The molecule has 32 heavy (non-hydrogen) atoms. The third-order valence-corrected chi connectivity index (χ3v) is 7.55. The maximum atomic E-state index is 12.7. The Labute approximate surface area is 187 Å². The van der Waals surface area contributed by atoms with E-state index in [9.17, 15) is 13.2 Å². The average Bonchev–Trinajstić information content (AvgIpc) is 3.54. The molecule has 9 heteroatoms. The first kappa shape index (κ1) is 21.2. The largest absolute Gasteiger partial charge is 0.448 e. The minimum absolute atomic E-state index is 0.0833. The Hall–Kier alpha value is -2.62. The Morgan fingerprint density at radius 2 is 1.75 bits per heavy atom. The maximum absolute atomic E-state index is 12.7. The van der Waals surface area contributed by atoms with Crippen LogP contribution < -0.4 is 19.5 Å². The monoisotopic (exact) mass is 458 g/mol. The van der Waals surface area contributed by atoms with Crippen LogP contribution in [0.15, 0.2) is 47.4 Å². The van der Waals surface area contributed by atoms with E-state index in [1.54, 1.807) is 18.2 Å². The van der Waals surface area contributed by atoms with E-state index in [4.69, 9.17) is 14.2 Å². The standard InChI is InChI=1S/C23H26N2O6S/c26-22(25-17-7-10-20-21(14-17)31-23(30-20)11-1-2-12-23)16-5-8-19(9-6-16)32(27,28)24-15-18-4-3-13-29-18/h5-10,14,18,24H,1-4,11-13,15H2,(H,25,26)/t18-/m0/s1. The Kier molecular flexibility index (Phi) is 5.56. The summed E-state index contributed by atoms with van der Waals surface area (Å²) in [7, 11) is -3.66. The summed E-state index contributed by atoms with van der Waals surface area (Å²) >= 11 is 0. The van der Waals surface area contributed by atoms with Crippen LogP contribution in [0.3, 0.4) is 0 Å². The van der Waals surface area contributed by atoms with Crippen LogP contribution in [-0.4, -0.2) is 39.4 Å². The van der Waals surface area contributed by atoms with Crippen LogP contribution in [0.1, 0.15) is 48.9 Å². The molecule has 1 aliphatic carbocycles. The number of carbonyl (C=O) groups excluding carboxylic acids is 1. The van der Waals surface area contributed by atoms with Crippen LogP contribution in [0.4, 0.5) is 5.69 Å². The van der Waals surface area contributed by atoms with Gasteiger partial charge in [-0.2, -0.15) is 0 Å². The second-order valence-corrected chi connectivity index (χ2v) is 10.2. The van der Waals surface area contributed by atoms with Gasteiger partial charge in [-0.15, -0.1) is 0 Å². The lowest BCUT2D eigenvalue weighted by molar-refractivity contribution is -0.0716. The quantitative estimate of drug-likeness (QED) is 0.688. The van der Waals surface area contributed by atoms with Crippen LogP contribution in [0.5, 0.6) is 11.5 Å². The van der Waals surface area contributed by atoms with Gasteiger partial charge in [-0.1, -0.05) is 0 Å². The Bertz CT molecular complexity index is 1100. The Balaban J connectivity index is 1.22. The van der Waals surface area contributed by atoms with Gasteiger partial charge >= 0.3 is 0 Å². The number of anilines is 1. The van der Waals surface area contributed by atoms with Crippen molar-refractivity contribution in [3.63, 3.8) is 0 Å². The summed E-state index contributed by atoms with van der Waals surface area (Å²) in [6.07, 6.45) is 5.59. The zero-order valence-corrected chi connectivity index (χ0v) is 18.4. The van der Waals surface area contributed by atoms with Gasteiger partial charge < -0.3 is 19.5 Å². The van der Waals surface area contributed by atoms with Gasteiger partial charge in [0, 0.05) is 43.3 Å². The summed E-state index contributed by atoms with van der Waals surface area (Å²) in [6.45, 7) is 0.913. The molecule has 1 amide bonds. The fourth-order valence-electron chi connectivity index (χ4n) is 4.37. The van der Waals surface area contributed by atoms with Crippen LogP contribution >= 0.6 is 0 Å². The van der Waals surface area contributed by atoms with Crippen LogP contribution in [-0.2, 0) is 14.8 Å². The molecule has 1 atom stereocenters. The van der Waals surface area contributed by atoms with Crippen molar-refractivity contribution < 1.29 is 27.4 Å². The number of sulfonamides is 1. The molecule has 1 spiro atoms. The minimum atomic E-state index is -3.66. The fourth-order valence-corrected chi connectivity index (χ4v) is 5.44. The van der Waals surface area contributed by atoms with E-state index >= 15 is 0 Å². The SMILES string of the molecule is O=C(Nc1ccc2c(c1)OC1(CCCC1)O2)c1ccc(S(=O)(=O)NC[C@@H]2CCCO2)cc1. The van der Waals surface area contributed by atoms with E-state index in [2.05, 4.69) is 10.0 Å². The van der Waals surface area contributed by atoms with E-state index in [0.717, 1.165) is 38.5 Å². The third-order valence-electron chi connectivity index (χ3n) is 6.11. The van der Waals surface area contributed by atoms with Crippen molar-refractivity contribution in [1.82, 2.24) is 4.72 Å². The van der Waals surface area contributed by atoms with Gasteiger partial charge in [-0.3, -0.25) is 4.79 Å². The van der Waals surface area contributed by atoms with Crippen LogP contribution in [0.25, 0.3) is 0 Å². The lowest BCUT2D eigenvalue weighted by Gasteiger charge is -2.21. The second kappa shape index (κ2) is 8.38. The first-order chi connectivity index (χ1) is 15.4. The molecule has 2 aromatic rings. The van der Waals surface area contributed by atoms with Gasteiger partial charge in [-0.05, 0) is 62.1 Å². The van der Waals surface area contributed by atoms with Crippen molar-refractivity contribution in [2.45, 2.75) is 55.3 Å². The van der Waals surface area contributed by atoms with E-state index in [1.165, 1.54) is 24.3 Å². The third kappa shape index (κ3) is 4.32. The van der Waals surface area contributed by atoms with E-state index in [0.29, 0.717) is 29.4 Å². The minimum Gasteiger partial charge on any atom is -0.448 e. The molecule has 2 aliphatic heterocycles. The first-order valence-corrected chi connectivity index (χ1v) is 12.5. The average molecular weight is 459 g/mol. The molecule has 0 aromatic heterocycles. The van der Waals surface area contributed by atoms with Gasteiger partial charge in [0.15, 0.2) is 11.5 Å². The van der Waals surface area contributed by atoms with Crippen molar-refractivity contribution in [3.05, 3.63) is 48.0 Å². The number of hydrogen-bond acceptors (Lipinski definition) is 6. The zero-order chi connectivity index (χ0) is 22.2. The molecule has 0 unspecified atom stereocenters. The highest BCUT2D eigenvalue weighted by Crippen LogP contribution is 2.47. The van der Waals surface area contributed by atoms with Gasteiger partial charge in [0.25, 0.3) is 11.7 Å².